The minimum Gasteiger partial charge on any atom is -0.483 e. The van der Waals surface area contributed by atoms with Gasteiger partial charge >= 0.3 is 0 Å². The first-order valence-electron chi connectivity index (χ1n) is 17.3. The Balaban J connectivity index is 0.795. The van der Waals surface area contributed by atoms with Gasteiger partial charge < -0.3 is 19.9 Å². The highest BCUT2D eigenvalue weighted by Gasteiger charge is 2.56. The Morgan fingerprint density at radius 1 is 1.12 bits per heavy atom. The number of aromatic nitrogens is 4. The van der Waals surface area contributed by atoms with Crippen LogP contribution < -0.4 is 15.4 Å². The van der Waals surface area contributed by atoms with Gasteiger partial charge in [-0.05, 0) is 44.2 Å². The van der Waals surface area contributed by atoms with Crippen molar-refractivity contribution in [3.63, 3.8) is 0 Å². The smallest absolute Gasteiger partial charge is 0.260 e. The zero-order chi connectivity index (χ0) is 36.4. The number of rotatable bonds is 9. The number of nitrogens with zero attached hydrogens (tertiary/aromatic N) is 7. The maximum Gasteiger partial charge on any atom is 0.260 e. The fourth-order valence-electron chi connectivity index (χ4n) is 8.13. The molecule has 1 atom stereocenters. The molecule has 16 nitrogen and oxygen atoms in total. The highest BCUT2D eigenvalue weighted by molar-refractivity contribution is 7.89. The molecule has 18 heteroatoms. The summed E-state index contributed by atoms with van der Waals surface area (Å²) in [5, 5.41) is 9.72. The van der Waals surface area contributed by atoms with Gasteiger partial charge in [0.25, 0.3) is 11.8 Å². The zero-order valence-corrected chi connectivity index (χ0v) is 30.0. The molecule has 6 heterocycles. The Bertz CT molecular complexity index is 2070. The lowest BCUT2D eigenvalue weighted by molar-refractivity contribution is -0.137. The van der Waals surface area contributed by atoms with Crippen LogP contribution >= 0.6 is 11.6 Å². The molecule has 274 valence electrons. The predicted octanol–water partition coefficient (Wildman–Crippen LogP) is 1.57. The highest BCUT2D eigenvalue weighted by atomic mass is 35.5. The summed E-state index contributed by atoms with van der Waals surface area (Å²) in [7, 11) is -1.69. The van der Waals surface area contributed by atoms with Crippen LogP contribution in [0.15, 0.2) is 36.8 Å². The standard InChI is InChI=1S/C34H38ClN9O7S/c1-41-15-20(13-37-41)30-25(35)14-36-33(40-30)38-21-11-34(12-21)18-43(19-34)52(49,50)22-7-9-42(10-8-22)29(46)17-51-27-4-2-3-23-24(27)16-44(32(23)48)26-5-6-28(45)39-31(26)47/h2-4,13-15,21-22,26H,5-12,16-19H2,1H3,(H,36,38,40)(H,39,45,47). The molecule has 8 rings (SSSR count). The number of imide groups is 1. The number of amides is 4. The lowest BCUT2D eigenvalue weighted by Crippen LogP contribution is -2.67. The zero-order valence-electron chi connectivity index (χ0n) is 28.5. The maximum atomic E-state index is 13.5. The third kappa shape index (κ3) is 6.27. The summed E-state index contributed by atoms with van der Waals surface area (Å²) in [5.74, 6) is -0.606. The van der Waals surface area contributed by atoms with Crippen LogP contribution in [-0.2, 0) is 38.0 Å². The molecule has 1 saturated carbocycles. The summed E-state index contributed by atoms with van der Waals surface area (Å²) in [4.78, 5) is 62.2. The lowest BCUT2D eigenvalue weighted by Gasteiger charge is -2.58. The molecule has 4 fully saturated rings. The van der Waals surface area contributed by atoms with Gasteiger partial charge in [0.1, 0.15) is 11.8 Å². The number of benzene rings is 1. The molecule has 52 heavy (non-hydrogen) atoms. The van der Waals surface area contributed by atoms with E-state index in [0.717, 1.165) is 18.4 Å². The number of likely N-dealkylation sites (tertiary alicyclic amines) is 1. The second-order valence-electron chi connectivity index (χ2n) is 14.4. The van der Waals surface area contributed by atoms with Crippen LogP contribution in [0.1, 0.15) is 54.4 Å². The summed E-state index contributed by atoms with van der Waals surface area (Å²) in [5.41, 5.74) is 2.32. The average molecular weight is 752 g/mol. The van der Waals surface area contributed by atoms with Crippen molar-refractivity contribution in [3.05, 3.63) is 52.9 Å². The minimum atomic E-state index is -3.51. The Labute approximate surface area is 304 Å². The quantitative estimate of drug-likeness (QED) is 0.302. The van der Waals surface area contributed by atoms with E-state index < -0.39 is 27.2 Å². The van der Waals surface area contributed by atoms with Gasteiger partial charge in [-0.1, -0.05) is 17.7 Å². The van der Waals surface area contributed by atoms with Crippen molar-refractivity contribution < 1.29 is 32.3 Å². The Kier molecular flexibility index (Phi) is 8.69. The van der Waals surface area contributed by atoms with Gasteiger partial charge in [0.15, 0.2) is 6.61 Å². The molecule has 3 aromatic rings. The van der Waals surface area contributed by atoms with Gasteiger partial charge in [-0.3, -0.25) is 29.2 Å². The molecule has 1 unspecified atom stereocenters. The van der Waals surface area contributed by atoms with Crippen molar-refractivity contribution in [2.75, 3.05) is 38.1 Å². The maximum absolute atomic E-state index is 13.5. The van der Waals surface area contributed by atoms with E-state index in [1.54, 1.807) is 44.5 Å². The summed E-state index contributed by atoms with van der Waals surface area (Å²) in [6.07, 6.45) is 7.80. The Hall–Kier alpha value is -4.61. The number of carbonyl (C=O) groups excluding carboxylic acids is 4. The molecule has 3 saturated heterocycles. The van der Waals surface area contributed by atoms with E-state index >= 15 is 0 Å². The van der Waals surface area contributed by atoms with E-state index in [1.807, 2.05) is 13.2 Å². The van der Waals surface area contributed by atoms with Crippen molar-refractivity contribution in [1.29, 1.82) is 0 Å². The summed E-state index contributed by atoms with van der Waals surface area (Å²) < 4.78 is 36.2. The largest absolute Gasteiger partial charge is 0.483 e. The highest BCUT2D eigenvalue weighted by Crippen LogP contribution is 2.51. The summed E-state index contributed by atoms with van der Waals surface area (Å²) in [6, 6.07) is 4.37. The lowest BCUT2D eigenvalue weighted by atomic mass is 9.61. The van der Waals surface area contributed by atoms with Gasteiger partial charge in [-0.2, -0.15) is 5.10 Å². The number of carbonyl (C=O) groups is 4. The van der Waals surface area contributed by atoms with Gasteiger partial charge in [-0.25, -0.2) is 22.7 Å². The fraction of sp³-hybridized carbons (Fsp3) is 0.500. The molecule has 1 spiro atoms. The molecule has 5 aliphatic rings. The topological polar surface area (TPSA) is 189 Å². The summed E-state index contributed by atoms with van der Waals surface area (Å²) >= 11 is 6.33. The van der Waals surface area contributed by atoms with E-state index in [-0.39, 0.29) is 55.2 Å². The van der Waals surface area contributed by atoms with Gasteiger partial charge in [0, 0.05) is 74.0 Å². The molecule has 0 bridgehead atoms. The van der Waals surface area contributed by atoms with Gasteiger partial charge in [0.2, 0.25) is 27.8 Å². The number of aryl methyl sites for hydroxylation is 1. The van der Waals surface area contributed by atoms with Crippen molar-refractivity contribution in [1.82, 2.24) is 39.2 Å². The van der Waals surface area contributed by atoms with Crippen LogP contribution in [0, 0.1) is 5.41 Å². The van der Waals surface area contributed by atoms with E-state index in [1.165, 1.54) is 4.90 Å². The Morgan fingerprint density at radius 2 is 1.88 bits per heavy atom. The van der Waals surface area contributed by atoms with Crippen LogP contribution in [0.3, 0.4) is 0 Å². The molecule has 4 aliphatic heterocycles. The number of halogens is 1. The average Bonchev–Trinajstić information content (AvgIpc) is 3.67. The third-order valence-corrected chi connectivity index (χ3v) is 13.5. The van der Waals surface area contributed by atoms with Crippen molar-refractivity contribution in [2.45, 2.75) is 62.4 Å². The van der Waals surface area contributed by atoms with Crippen LogP contribution in [0.25, 0.3) is 11.3 Å². The number of hydrogen-bond acceptors (Lipinski definition) is 11. The van der Waals surface area contributed by atoms with E-state index in [4.69, 9.17) is 16.3 Å². The number of fused-ring (bicyclic) bond motifs is 1. The first-order chi connectivity index (χ1) is 24.9. The van der Waals surface area contributed by atoms with E-state index in [0.29, 0.717) is 72.6 Å². The molecule has 2 aromatic heterocycles. The molecule has 1 aliphatic carbocycles. The van der Waals surface area contributed by atoms with E-state index in [9.17, 15) is 27.6 Å². The number of nitrogens with one attached hydrogen (secondary N) is 2. The first-order valence-corrected chi connectivity index (χ1v) is 19.2. The van der Waals surface area contributed by atoms with Crippen LogP contribution in [0.4, 0.5) is 5.95 Å². The number of sulfonamides is 1. The van der Waals surface area contributed by atoms with Crippen LogP contribution in [0.2, 0.25) is 5.02 Å². The van der Waals surface area contributed by atoms with Crippen molar-refractivity contribution in [2.24, 2.45) is 12.5 Å². The molecular formula is C34H38ClN9O7S. The van der Waals surface area contributed by atoms with Gasteiger partial charge in [-0.15, -0.1) is 0 Å². The first kappa shape index (κ1) is 34.5. The van der Waals surface area contributed by atoms with E-state index in [2.05, 4.69) is 25.7 Å². The molecule has 0 radical (unpaired) electrons. The normalized spacial score (nSPS) is 22.2. The van der Waals surface area contributed by atoms with Crippen LogP contribution in [0.5, 0.6) is 5.75 Å². The monoisotopic (exact) mass is 751 g/mol. The van der Waals surface area contributed by atoms with Crippen molar-refractivity contribution >= 4 is 51.2 Å². The number of ether oxygens (including phenoxy) is 1. The third-order valence-electron chi connectivity index (χ3n) is 10.9. The summed E-state index contributed by atoms with van der Waals surface area (Å²) in [6.45, 7) is 1.42. The second-order valence-corrected chi connectivity index (χ2v) is 17.0. The fourth-order valence-corrected chi connectivity index (χ4v) is 10.5. The molecule has 4 amide bonds. The second kappa shape index (κ2) is 13.1. The Morgan fingerprint density at radius 3 is 2.60 bits per heavy atom. The SMILES string of the molecule is Cn1cc(-c2nc(NC3CC4(C3)CN(S(=O)(=O)C3CCN(C(=O)COc5cccc6c5CN(C5CCC(=O)NC5=O)C6=O)CC3)C4)ncc2Cl)cn1. The van der Waals surface area contributed by atoms with Gasteiger partial charge in [0.05, 0.1) is 34.9 Å². The van der Waals surface area contributed by atoms with Crippen molar-refractivity contribution in [3.8, 4) is 17.0 Å². The van der Waals surface area contributed by atoms with Crippen LogP contribution in [-0.4, -0.2) is 116 Å². The number of piperidine rings is 2. The number of anilines is 1. The number of hydrogen-bond donors (Lipinski definition) is 2. The predicted molar refractivity (Wildman–Crippen MR) is 186 cm³/mol. The molecule has 2 N–H and O–H groups in total. The molecule has 1 aromatic carbocycles. The molecular weight excluding hydrogens is 714 g/mol. The minimum absolute atomic E-state index is 0.0571.